The Balaban J connectivity index is 2.01. The van der Waals surface area contributed by atoms with E-state index in [9.17, 15) is 0 Å². The molecule has 98 valence electrons. The van der Waals surface area contributed by atoms with Gasteiger partial charge >= 0.3 is 0 Å². The van der Waals surface area contributed by atoms with Gasteiger partial charge in [-0.05, 0) is 28.3 Å². The van der Waals surface area contributed by atoms with Crippen LogP contribution in [0.3, 0.4) is 0 Å². The third kappa shape index (κ3) is 2.59. The quantitative estimate of drug-likeness (QED) is 0.627. The Morgan fingerprint density at radius 1 is 0.550 bits per heavy atom. The van der Waals surface area contributed by atoms with Crippen LogP contribution in [0.25, 0.3) is 22.3 Å². The summed E-state index contributed by atoms with van der Waals surface area (Å²) in [6.07, 6.45) is 8.30. The van der Waals surface area contributed by atoms with Gasteiger partial charge in [0.1, 0.15) is 14.1 Å². The smallest absolute Gasteiger partial charge is 0.169 e. The first kappa shape index (κ1) is 12.5. The number of hydrogen-bond donors (Lipinski definition) is 0. The van der Waals surface area contributed by atoms with Crippen molar-refractivity contribution in [3.8, 4) is 22.3 Å². The summed E-state index contributed by atoms with van der Waals surface area (Å²) in [5, 5.41) is 0. The van der Waals surface area contributed by atoms with Gasteiger partial charge in [0.15, 0.2) is 24.8 Å². The van der Waals surface area contributed by atoms with Crippen LogP contribution < -0.4 is 9.13 Å². The van der Waals surface area contributed by atoms with Crippen LogP contribution >= 0.6 is 0 Å². The van der Waals surface area contributed by atoms with E-state index in [0.717, 1.165) is 0 Å². The molecule has 0 aliphatic rings. The van der Waals surface area contributed by atoms with Gasteiger partial charge in [0.2, 0.25) is 0 Å². The van der Waals surface area contributed by atoms with Gasteiger partial charge < -0.3 is 0 Å². The molecule has 1 aromatic carbocycles. The molecule has 0 radical (unpaired) electrons. The van der Waals surface area contributed by atoms with Crippen molar-refractivity contribution in [3.05, 3.63) is 73.3 Å². The molecule has 0 amide bonds. The van der Waals surface area contributed by atoms with Gasteiger partial charge in [0, 0.05) is 24.3 Å². The van der Waals surface area contributed by atoms with Crippen molar-refractivity contribution in [2.75, 3.05) is 0 Å². The lowest BCUT2D eigenvalue weighted by Crippen LogP contribution is -2.25. The van der Waals surface area contributed by atoms with Crippen molar-refractivity contribution in [1.29, 1.82) is 0 Å². The first-order valence-corrected chi connectivity index (χ1v) is 6.74. The molecule has 0 saturated carbocycles. The van der Waals surface area contributed by atoms with Crippen LogP contribution in [0.15, 0.2) is 73.3 Å². The Bertz CT molecular complexity index is 652. The van der Waals surface area contributed by atoms with Crippen LogP contribution in [0.1, 0.15) is 0 Å². The second-order valence-electron chi connectivity index (χ2n) is 5.09. The van der Waals surface area contributed by atoms with Crippen molar-refractivity contribution in [1.82, 2.24) is 0 Å². The van der Waals surface area contributed by atoms with E-state index in [1.807, 2.05) is 23.2 Å². The predicted molar refractivity (Wildman–Crippen MR) is 79.7 cm³/mol. The molecule has 0 spiro atoms. The second-order valence-corrected chi connectivity index (χ2v) is 5.09. The summed E-state index contributed by atoms with van der Waals surface area (Å²) >= 11 is 0. The first-order chi connectivity index (χ1) is 9.72. The van der Waals surface area contributed by atoms with Crippen LogP contribution in [0.2, 0.25) is 0 Å². The fourth-order valence-corrected chi connectivity index (χ4v) is 2.27. The first-order valence-electron chi connectivity index (χ1n) is 6.74. The number of pyridine rings is 2. The zero-order valence-electron chi connectivity index (χ0n) is 11.8. The van der Waals surface area contributed by atoms with Crippen molar-refractivity contribution in [2.24, 2.45) is 14.1 Å². The summed E-state index contributed by atoms with van der Waals surface area (Å²) in [7, 11) is 4.06. The largest absolute Gasteiger partial charge is 0.208 e. The number of nitrogens with zero attached hydrogens (tertiary/aromatic N) is 2. The molecule has 0 saturated heterocycles. The summed E-state index contributed by atoms with van der Waals surface area (Å²) in [6.45, 7) is 0. The number of hydrogen-bond acceptors (Lipinski definition) is 0. The van der Waals surface area contributed by atoms with Crippen molar-refractivity contribution < 1.29 is 9.13 Å². The average molecular weight is 262 g/mol. The van der Waals surface area contributed by atoms with Gasteiger partial charge in [-0.3, -0.25) is 0 Å². The summed E-state index contributed by atoms with van der Waals surface area (Å²) in [6, 6.07) is 17.2. The zero-order valence-corrected chi connectivity index (χ0v) is 11.8. The third-order valence-electron chi connectivity index (χ3n) is 3.49. The molecule has 2 heterocycles. The standard InChI is InChI=1S/C18H18N2/c1-19-10-6-15(7-11-19)17-4-3-5-18(14-17)16-8-12-20(2)13-9-16/h3-14H,1-2H3/q+2. The Morgan fingerprint density at radius 2 is 0.950 bits per heavy atom. The molecule has 3 aromatic rings. The normalized spacial score (nSPS) is 10.5. The molecular weight excluding hydrogens is 244 g/mol. The minimum atomic E-state index is 1.24. The SMILES string of the molecule is C[n+]1ccc(-c2cccc(-c3cc[n+](C)cc3)c2)cc1. The molecule has 0 aliphatic heterocycles. The van der Waals surface area contributed by atoms with Gasteiger partial charge in [-0.15, -0.1) is 0 Å². The zero-order chi connectivity index (χ0) is 13.9. The highest BCUT2D eigenvalue weighted by molar-refractivity contribution is 5.72. The number of aromatic nitrogens is 2. The monoisotopic (exact) mass is 262 g/mol. The van der Waals surface area contributed by atoms with Crippen LogP contribution in [0.5, 0.6) is 0 Å². The molecule has 0 fully saturated rings. The summed E-state index contributed by atoms with van der Waals surface area (Å²) in [5.41, 5.74) is 4.98. The molecule has 0 aliphatic carbocycles. The molecule has 20 heavy (non-hydrogen) atoms. The van der Waals surface area contributed by atoms with Crippen LogP contribution in [0, 0.1) is 0 Å². The van der Waals surface area contributed by atoms with E-state index in [0.29, 0.717) is 0 Å². The fraction of sp³-hybridized carbons (Fsp3) is 0.111. The highest BCUT2D eigenvalue weighted by Gasteiger charge is 2.04. The van der Waals surface area contributed by atoms with Crippen LogP contribution in [-0.2, 0) is 14.1 Å². The minimum absolute atomic E-state index is 1.24. The van der Waals surface area contributed by atoms with E-state index in [-0.39, 0.29) is 0 Å². The average Bonchev–Trinajstić information content (AvgIpc) is 2.49. The van der Waals surface area contributed by atoms with E-state index in [1.54, 1.807) is 0 Å². The Hall–Kier alpha value is -2.48. The molecule has 0 bridgehead atoms. The Morgan fingerprint density at radius 3 is 1.35 bits per heavy atom. The van der Waals surface area contributed by atoms with Crippen molar-refractivity contribution >= 4 is 0 Å². The summed E-state index contributed by atoms with van der Waals surface area (Å²) in [5.74, 6) is 0. The molecule has 0 N–H and O–H groups in total. The van der Waals surface area contributed by atoms with E-state index < -0.39 is 0 Å². The van der Waals surface area contributed by atoms with Crippen LogP contribution in [0.4, 0.5) is 0 Å². The molecule has 0 atom stereocenters. The lowest BCUT2D eigenvalue weighted by atomic mass is 10.0. The van der Waals surface area contributed by atoms with Crippen molar-refractivity contribution in [2.45, 2.75) is 0 Å². The number of benzene rings is 1. The molecule has 3 rings (SSSR count). The molecule has 2 aromatic heterocycles. The minimum Gasteiger partial charge on any atom is -0.208 e. The van der Waals surface area contributed by atoms with Gasteiger partial charge in [-0.2, -0.15) is 0 Å². The lowest BCUT2D eigenvalue weighted by Gasteiger charge is -2.05. The summed E-state index contributed by atoms with van der Waals surface area (Å²) < 4.78 is 4.09. The maximum atomic E-state index is 2.24. The van der Waals surface area contributed by atoms with Gasteiger partial charge in [-0.25, -0.2) is 9.13 Å². The number of aryl methyl sites for hydroxylation is 2. The van der Waals surface area contributed by atoms with Gasteiger partial charge in [0.05, 0.1) is 0 Å². The number of rotatable bonds is 2. The molecular formula is C18H18N2+2. The molecule has 0 unspecified atom stereocenters. The van der Waals surface area contributed by atoms with Crippen LogP contribution in [-0.4, -0.2) is 0 Å². The highest BCUT2D eigenvalue weighted by Crippen LogP contribution is 2.25. The van der Waals surface area contributed by atoms with Gasteiger partial charge in [0.25, 0.3) is 0 Å². The molecule has 2 nitrogen and oxygen atoms in total. The highest BCUT2D eigenvalue weighted by atomic mass is 14.9. The lowest BCUT2D eigenvalue weighted by molar-refractivity contribution is -0.671. The summed E-state index contributed by atoms with van der Waals surface area (Å²) in [4.78, 5) is 0. The van der Waals surface area contributed by atoms with Crippen molar-refractivity contribution in [3.63, 3.8) is 0 Å². The van der Waals surface area contributed by atoms with Gasteiger partial charge in [-0.1, -0.05) is 18.2 Å². The third-order valence-corrected chi connectivity index (χ3v) is 3.49. The maximum absolute atomic E-state index is 2.24. The predicted octanol–water partition coefficient (Wildman–Crippen LogP) is 2.67. The molecule has 2 heteroatoms. The second kappa shape index (κ2) is 5.25. The Kier molecular flexibility index (Phi) is 3.30. The topological polar surface area (TPSA) is 7.76 Å². The fourth-order valence-electron chi connectivity index (χ4n) is 2.27. The van der Waals surface area contributed by atoms with E-state index in [1.165, 1.54) is 22.3 Å². The van der Waals surface area contributed by atoms with E-state index >= 15 is 0 Å². The maximum Gasteiger partial charge on any atom is 0.169 e. The van der Waals surface area contributed by atoms with E-state index in [2.05, 4.69) is 73.3 Å². The Labute approximate surface area is 119 Å². The van der Waals surface area contributed by atoms with E-state index in [4.69, 9.17) is 0 Å².